The van der Waals surface area contributed by atoms with Gasteiger partial charge in [-0.25, -0.2) is 0 Å². The van der Waals surface area contributed by atoms with Crippen molar-refractivity contribution >= 4 is 0 Å². The van der Waals surface area contributed by atoms with Crippen LogP contribution in [-0.2, 0) is 0 Å². The first-order valence-electron chi connectivity index (χ1n) is 4.46. The van der Waals surface area contributed by atoms with Gasteiger partial charge in [0.2, 0.25) is 0 Å². The van der Waals surface area contributed by atoms with Gasteiger partial charge in [-0.1, -0.05) is 12.1 Å². The van der Waals surface area contributed by atoms with Crippen molar-refractivity contribution in [3.8, 4) is 17.3 Å². The Kier molecular flexibility index (Phi) is 2.08. The number of hydrogen-bond donors (Lipinski definition) is 1. The average molecular weight is 182 g/mol. The molecule has 0 aliphatic rings. The van der Waals surface area contributed by atoms with Gasteiger partial charge in [-0.05, 0) is 36.8 Å². The van der Waals surface area contributed by atoms with Crippen molar-refractivity contribution in [2.75, 3.05) is 0 Å². The highest BCUT2D eigenvalue weighted by Crippen LogP contribution is 2.19. The largest absolute Gasteiger partial charge is 0.359 e. The molecule has 0 amide bonds. The molecule has 0 saturated carbocycles. The molecule has 0 spiro atoms. The Labute approximate surface area is 82.8 Å². The maximum atomic E-state index is 8.75. The molecule has 0 aliphatic heterocycles. The van der Waals surface area contributed by atoms with Crippen molar-refractivity contribution in [2.45, 2.75) is 6.92 Å². The van der Waals surface area contributed by atoms with Crippen LogP contribution in [0.4, 0.5) is 0 Å². The highest BCUT2D eigenvalue weighted by molar-refractivity contribution is 5.61. The minimum atomic E-state index is 0.690. The quantitative estimate of drug-likeness (QED) is 0.723. The maximum Gasteiger partial charge on any atom is 0.0991 e. The number of aromatic amines is 1. The van der Waals surface area contributed by atoms with E-state index in [1.54, 1.807) is 6.07 Å². The lowest BCUT2D eigenvalue weighted by molar-refractivity contribution is 1.27. The summed E-state index contributed by atoms with van der Waals surface area (Å²) in [7, 11) is 0. The Morgan fingerprint density at radius 2 is 2.07 bits per heavy atom. The second-order valence-corrected chi connectivity index (χ2v) is 3.25. The van der Waals surface area contributed by atoms with Crippen molar-refractivity contribution in [3.05, 3.63) is 47.7 Å². The Morgan fingerprint density at radius 3 is 2.71 bits per heavy atom. The van der Waals surface area contributed by atoms with Gasteiger partial charge in [0.05, 0.1) is 11.6 Å². The van der Waals surface area contributed by atoms with Crippen LogP contribution in [0.5, 0.6) is 0 Å². The zero-order valence-electron chi connectivity index (χ0n) is 7.91. The zero-order valence-corrected chi connectivity index (χ0v) is 7.91. The number of rotatable bonds is 1. The van der Waals surface area contributed by atoms with Crippen LogP contribution in [0.25, 0.3) is 11.3 Å². The lowest BCUT2D eigenvalue weighted by Crippen LogP contribution is -1.80. The van der Waals surface area contributed by atoms with Crippen molar-refractivity contribution < 1.29 is 0 Å². The minimum absolute atomic E-state index is 0.690. The van der Waals surface area contributed by atoms with Crippen molar-refractivity contribution in [1.29, 1.82) is 5.26 Å². The second kappa shape index (κ2) is 3.39. The normalized spacial score (nSPS) is 9.71. The fourth-order valence-electron chi connectivity index (χ4n) is 1.43. The van der Waals surface area contributed by atoms with Crippen LogP contribution in [0.1, 0.15) is 11.3 Å². The molecule has 68 valence electrons. The Balaban J connectivity index is 2.47. The summed E-state index contributed by atoms with van der Waals surface area (Å²) in [6, 6.07) is 13.7. The number of H-pyrrole nitrogens is 1. The summed E-state index contributed by atoms with van der Waals surface area (Å²) in [5.74, 6) is 0. The number of hydrogen-bond acceptors (Lipinski definition) is 1. The van der Waals surface area contributed by atoms with Gasteiger partial charge in [-0.3, -0.25) is 0 Å². The molecular formula is C12H10N2. The summed E-state index contributed by atoms with van der Waals surface area (Å²) >= 11 is 0. The van der Waals surface area contributed by atoms with E-state index in [-0.39, 0.29) is 0 Å². The number of nitriles is 1. The summed E-state index contributed by atoms with van der Waals surface area (Å²) in [4.78, 5) is 3.23. The van der Waals surface area contributed by atoms with E-state index in [1.165, 1.54) is 0 Å². The van der Waals surface area contributed by atoms with E-state index in [1.807, 2.05) is 37.3 Å². The highest BCUT2D eigenvalue weighted by Gasteiger charge is 1.99. The molecular weight excluding hydrogens is 172 g/mol. The molecule has 2 rings (SSSR count). The summed E-state index contributed by atoms with van der Waals surface area (Å²) < 4.78 is 0. The molecule has 1 N–H and O–H groups in total. The molecule has 1 heterocycles. The monoisotopic (exact) mass is 182 g/mol. The van der Waals surface area contributed by atoms with Crippen LogP contribution in [0, 0.1) is 18.3 Å². The molecule has 14 heavy (non-hydrogen) atoms. The summed E-state index contributed by atoms with van der Waals surface area (Å²) in [6.45, 7) is 2.01. The molecule has 1 aromatic carbocycles. The zero-order chi connectivity index (χ0) is 9.97. The standard InChI is InChI=1S/C12H10N2/c1-9-5-6-12(14-9)11-4-2-3-10(7-11)8-13/h2-7,14H,1H3. The maximum absolute atomic E-state index is 8.75. The lowest BCUT2D eigenvalue weighted by Gasteiger charge is -1.97. The predicted octanol–water partition coefficient (Wildman–Crippen LogP) is 2.86. The number of aryl methyl sites for hydroxylation is 1. The van der Waals surface area contributed by atoms with Gasteiger partial charge < -0.3 is 4.98 Å². The van der Waals surface area contributed by atoms with Crippen LogP contribution in [-0.4, -0.2) is 4.98 Å². The Bertz CT molecular complexity index is 489. The first-order chi connectivity index (χ1) is 6.79. The molecule has 0 bridgehead atoms. The topological polar surface area (TPSA) is 39.6 Å². The van der Waals surface area contributed by atoms with Gasteiger partial charge in [0.25, 0.3) is 0 Å². The Morgan fingerprint density at radius 1 is 1.21 bits per heavy atom. The molecule has 0 fully saturated rings. The first-order valence-corrected chi connectivity index (χ1v) is 4.46. The third-order valence-corrected chi connectivity index (χ3v) is 2.13. The van der Waals surface area contributed by atoms with E-state index < -0.39 is 0 Å². The lowest BCUT2D eigenvalue weighted by atomic mass is 10.1. The van der Waals surface area contributed by atoms with Gasteiger partial charge in [-0.2, -0.15) is 5.26 Å². The van der Waals surface area contributed by atoms with Gasteiger partial charge >= 0.3 is 0 Å². The summed E-state index contributed by atoms with van der Waals surface area (Å²) in [6.07, 6.45) is 0. The minimum Gasteiger partial charge on any atom is -0.359 e. The first kappa shape index (κ1) is 8.58. The molecule has 1 aromatic heterocycles. The third-order valence-electron chi connectivity index (χ3n) is 2.13. The van der Waals surface area contributed by atoms with E-state index in [0.29, 0.717) is 5.56 Å². The van der Waals surface area contributed by atoms with Crippen molar-refractivity contribution in [2.24, 2.45) is 0 Å². The fourth-order valence-corrected chi connectivity index (χ4v) is 1.43. The van der Waals surface area contributed by atoms with E-state index in [2.05, 4.69) is 11.1 Å². The van der Waals surface area contributed by atoms with E-state index >= 15 is 0 Å². The predicted molar refractivity (Wildman–Crippen MR) is 55.7 cm³/mol. The van der Waals surface area contributed by atoms with Gasteiger partial charge in [0.15, 0.2) is 0 Å². The average Bonchev–Trinajstić information content (AvgIpc) is 2.65. The van der Waals surface area contributed by atoms with Crippen LogP contribution < -0.4 is 0 Å². The molecule has 0 unspecified atom stereocenters. The molecule has 0 atom stereocenters. The van der Waals surface area contributed by atoms with Crippen LogP contribution in [0.3, 0.4) is 0 Å². The SMILES string of the molecule is Cc1ccc(-c2cccc(C#N)c2)[nH]1. The fraction of sp³-hybridized carbons (Fsp3) is 0.0833. The molecule has 0 saturated heterocycles. The highest BCUT2D eigenvalue weighted by atomic mass is 14.7. The number of nitrogens with one attached hydrogen (secondary N) is 1. The van der Waals surface area contributed by atoms with Gasteiger partial charge in [0.1, 0.15) is 0 Å². The van der Waals surface area contributed by atoms with E-state index in [9.17, 15) is 0 Å². The molecule has 0 aliphatic carbocycles. The van der Waals surface area contributed by atoms with Crippen LogP contribution in [0.15, 0.2) is 36.4 Å². The smallest absolute Gasteiger partial charge is 0.0991 e. The summed E-state index contributed by atoms with van der Waals surface area (Å²) in [5.41, 5.74) is 3.92. The molecule has 2 nitrogen and oxygen atoms in total. The molecule has 2 aromatic rings. The van der Waals surface area contributed by atoms with Crippen molar-refractivity contribution in [3.63, 3.8) is 0 Å². The van der Waals surface area contributed by atoms with E-state index in [4.69, 9.17) is 5.26 Å². The number of benzene rings is 1. The Hall–Kier alpha value is -2.01. The second-order valence-electron chi connectivity index (χ2n) is 3.25. The van der Waals surface area contributed by atoms with Crippen molar-refractivity contribution in [1.82, 2.24) is 4.98 Å². The number of nitrogens with zero attached hydrogens (tertiary/aromatic N) is 1. The number of aromatic nitrogens is 1. The molecule has 0 radical (unpaired) electrons. The van der Waals surface area contributed by atoms with Gasteiger partial charge in [-0.15, -0.1) is 0 Å². The molecule has 2 heteroatoms. The van der Waals surface area contributed by atoms with Crippen LogP contribution in [0.2, 0.25) is 0 Å². The van der Waals surface area contributed by atoms with Gasteiger partial charge in [0, 0.05) is 11.4 Å². The third kappa shape index (κ3) is 1.53. The van der Waals surface area contributed by atoms with Crippen LogP contribution >= 0.6 is 0 Å². The van der Waals surface area contributed by atoms with E-state index in [0.717, 1.165) is 17.0 Å². The summed E-state index contributed by atoms with van der Waals surface area (Å²) in [5, 5.41) is 8.75.